The highest BCUT2D eigenvalue weighted by molar-refractivity contribution is 5.13. The minimum absolute atomic E-state index is 0.212. The molecular weight excluding hydrogens is 380 g/mol. The summed E-state index contributed by atoms with van der Waals surface area (Å²) < 4.78 is 12.0. The van der Waals surface area contributed by atoms with Gasteiger partial charge in [-0.15, -0.1) is 0 Å². The highest BCUT2D eigenvalue weighted by atomic mass is 16.5. The van der Waals surface area contributed by atoms with E-state index in [2.05, 4.69) is 57.2 Å². The average molecular weight is 431 g/mol. The molecule has 1 rings (SSSR count). The lowest BCUT2D eigenvalue weighted by Gasteiger charge is -2.17. The maximum atomic E-state index is 6.07. The molecule has 0 saturated carbocycles. The zero-order chi connectivity index (χ0) is 22.4. The third-order valence-electron chi connectivity index (χ3n) is 5.88. The number of benzene rings is 1. The van der Waals surface area contributed by atoms with E-state index < -0.39 is 0 Å². The predicted octanol–water partition coefficient (Wildman–Crippen LogP) is 8.89. The molecule has 0 aromatic heterocycles. The van der Waals surface area contributed by atoms with E-state index in [-0.39, 0.29) is 6.10 Å². The zero-order valence-electron chi connectivity index (χ0n) is 20.8. The van der Waals surface area contributed by atoms with Gasteiger partial charge in [0, 0.05) is 6.61 Å². The summed E-state index contributed by atoms with van der Waals surface area (Å²) in [6, 6.07) is 10.4. The monoisotopic (exact) mass is 430 g/mol. The van der Waals surface area contributed by atoms with Crippen molar-refractivity contribution < 1.29 is 9.47 Å². The second-order valence-corrected chi connectivity index (χ2v) is 9.09. The predicted molar refractivity (Wildman–Crippen MR) is 136 cm³/mol. The van der Waals surface area contributed by atoms with Crippen LogP contribution < -0.4 is 0 Å². The molecule has 1 aromatic carbocycles. The SMILES string of the molecule is CCCCCCC/C=C/C(C)CCCCCCOCC(CCC)OCc1ccccc1. The van der Waals surface area contributed by atoms with Crippen LogP contribution in [0.5, 0.6) is 0 Å². The van der Waals surface area contributed by atoms with Gasteiger partial charge in [0.05, 0.1) is 19.3 Å². The second kappa shape index (κ2) is 20.8. The fourth-order valence-electron chi connectivity index (χ4n) is 3.85. The summed E-state index contributed by atoms with van der Waals surface area (Å²) in [5.74, 6) is 0.725. The van der Waals surface area contributed by atoms with Crippen LogP contribution in [-0.4, -0.2) is 19.3 Å². The summed E-state index contributed by atoms with van der Waals surface area (Å²) in [6.45, 7) is 9.12. The molecule has 0 aliphatic rings. The first-order chi connectivity index (χ1) is 15.3. The van der Waals surface area contributed by atoms with Gasteiger partial charge in [-0.3, -0.25) is 0 Å². The van der Waals surface area contributed by atoms with Crippen molar-refractivity contribution in [3.8, 4) is 0 Å². The quantitative estimate of drug-likeness (QED) is 0.143. The van der Waals surface area contributed by atoms with Crippen molar-refractivity contribution >= 4 is 0 Å². The van der Waals surface area contributed by atoms with Crippen molar-refractivity contribution in [3.05, 3.63) is 48.0 Å². The number of allylic oxidation sites excluding steroid dienone is 2. The van der Waals surface area contributed by atoms with Gasteiger partial charge in [-0.1, -0.05) is 115 Å². The maximum absolute atomic E-state index is 6.07. The van der Waals surface area contributed by atoms with Crippen LogP contribution >= 0.6 is 0 Å². The third kappa shape index (κ3) is 17.2. The molecule has 0 saturated heterocycles. The van der Waals surface area contributed by atoms with Gasteiger partial charge in [0.25, 0.3) is 0 Å². The van der Waals surface area contributed by atoms with Crippen molar-refractivity contribution in [3.63, 3.8) is 0 Å². The largest absolute Gasteiger partial charge is 0.379 e. The van der Waals surface area contributed by atoms with E-state index in [9.17, 15) is 0 Å². The summed E-state index contributed by atoms with van der Waals surface area (Å²) >= 11 is 0. The Morgan fingerprint density at radius 3 is 2.32 bits per heavy atom. The van der Waals surface area contributed by atoms with E-state index in [0.29, 0.717) is 6.61 Å². The van der Waals surface area contributed by atoms with E-state index in [0.717, 1.165) is 32.0 Å². The van der Waals surface area contributed by atoms with Crippen molar-refractivity contribution in [1.82, 2.24) is 0 Å². The highest BCUT2D eigenvalue weighted by Crippen LogP contribution is 2.14. The summed E-state index contributed by atoms with van der Waals surface area (Å²) in [5, 5.41) is 0. The molecule has 1 aromatic rings. The van der Waals surface area contributed by atoms with Crippen molar-refractivity contribution in [2.24, 2.45) is 5.92 Å². The van der Waals surface area contributed by atoms with Gasteiger partial charge in [0.15, 0.2) is 0 Å². The Morgan fingerprint density at radius 2 is 1.55 bits per heavy atom. The van der Waals surface area contributed by atoms with Crippen LogP contribution in [0, 0.1) is 5.92 Å². The molecule has 31 heavy (non-hydrogen) atoms. The molecule has 0 aliphatic heterocycles. The van der Waals surface area contributed by atoms with E-state index in [1.165, 1.54) is 76.2 Å². The molecule has 0 heterocycles. The summed E-state index contributed by atoms with van der Waals surface area (Å²) in [6.07, 6.45) is 21.8. The van der Waals surface area contributed by atoms with Crippen LogP contribution in [0.4, 0.5) is 0 Å². The molecule has 0 bridgehead atoms. The van der Waals surface area contributed by atoms with E-state index in [1.54, 1.807) is 0 Å². The molecule has 2 heteroatoms. The first-order valence-corrected chi connectivity index (χ1v) is 13.2. The molecule has 0 radical (unpaired) electrons. The fraction of sp³-hybridized carbons (Fsp3) is 0.724. The van der Waals surface area contributed by atoms with Crippen LogP contribution in [0.25, 0.3) is 0 Å². The molecule has 0 spiro atoms. The lowest BCUT2D eigenvalue weighted by molar-refractivity contribution is -0.0295. The van der Waals surface area contributed by atoms with Crippen LogP contribution in [0.1, 0.15) is 110 Å². The fourth-order valence-corrected chi connectivity index (χ4v) is 3.85. The average Bonchev–Trinajstić information content (AvgIpc) is 2.79. The van der Waals surface area contributed by atoms with Crippen molar-refractivity contribution in [2.75, 3.05) is 13.2 Å². The number of ether oxygens (including phenoxy) is 2. The van der Waals surface area contributed by atoms with E-state index in [4.69, 9.17) is 9.47 Å². The Bertz CT molecular complexity index is 511. The minimum atomic E-state index is 0.212. The Hall–Kier alpha value is -1.12. The second-order valence-electron chi connectivity index (χ2n) is 9.09. The normalized spacial score (nSPS) is 13.6. The highest BCUT2D eigenvalue weighted by Gasteiger charge is 2.08. The van der Waals surface area contributed by atoms with Crippen molar-refractivity contribution in [2.45, 2.75) is 117 Å². The number of hydrogen-bond acceptors (Lipinski definition) is 2. The Morgan fingerprint density at radius 1 is 0.806 bits per heavy atom. The van der Waals surface area contributed by atoms with Crippen molar-refractivity contribution in [1.29, 1.82) is 0 Å². The molecule has 0 aliphatic carbocycles. The topological polar surface area (TPSA) is 18.5 Å². The van der Waals surface area contributed by atoms with Gasteiger partial charge in [-0.05, 0) is 43.6 Å². The van der Waals surface area contributed by atoms with Gasteiger partial charge in [-0.25, -0.2) is 0 Å². The van der Waals surface area contributed by atoms with Crippen LogP contribution in [-0.2, 0) is 16.1 Å². The Balaban J connectivity index is 1.96. The number of unbranched alkanes of at least 4 members (excludes halogenated alkanes) is 8. The molecule has 0 N–H and O–H groups in total. The first-order valence-electron chi connectivity index (χ1n) is 13.2. The maximum Gasteiger partial charge on any atom is 0.0812 e. The van der Waals surface area contributed by atoms with Gasteiger partial charge < -0.3 is 9.47 Å². The Kier molecular flexibility index (Phi) is 18.7. The van der Waals surface area contributed by atoms with Crippen LogP contribution in [0.2, 0.25) is 0 Å². The van der Waals surface area contributed by atoms with Gasteiger partial charge in [0.2, 0.25) is 0 Å². The molecule has 2 nitrogen and oxygen atoms in total. The molecule has 0 fully saturated rings. The van der Waals surface area contributed by atoms with Gasteiger partial charge >= 0.3 is 0 Å². The van der Waals surface area contributed by atoms with Gasteiger partial charge in [0.1, 0.15) is 0 Å². The van der Waals surface area contributed by atoms with Crippen LogP contribution in [0.15, 0.2) is 42.5 Å². The number of hydrogen-bond donors (Lipinski definition) is 0. The molecular formula is C29H50O2. The summed E-state index contributed by atoms with van der Waals surface area (Å²) in [7, 11) is 0. The minimum Gasteiger partial charge on any atom is -0.379 e. The van der Waals surface area contributed by atoms with E-state index >= 15 is 0 Å². The molecule has 0 amide bonds. The summed E-state index contributed by atoms with van der Waals surface area (Å²) in [5.41, 5.74) is 1.24. The molecule has 2 unspecified atom stereocenters. The van der Waals surface area contributed by atoms with Crippen LogP contribution in [0.3, 0.4) is 0 Å². The standard InChI is InChI=1S/C29H50O2/c1-4-6-7-8-9-10-14-20-27(3)21-15-11-12-18-24-30-26-29(19-5-2)31-25-28-22-16-13-17-23-28/h13-14,16-17,20,22-23,27,29H,4-12,15,18-19,21,24-26H2,1-3H3/b20-14+. The molecule has 2 atom stereocenters. The first kappa shape index (κ1) is 27.9. The number of rotatable bonds is 21. The Labute approximate surface area is 193 Å². The van der Waals surface area contributed by atoms with E-state index in [1.807, 2.05) is 6.07 Å². The summed E-state index contributed by atoms with van der Waals surface area (Å²) in [4.78, 5) is 0. The lowest BCUT2D eigenvalue weighted by atomic mass is 10.0. The third-order valence-corrected chi connectivity index (χ3v) is 5.88. The zero-order valence-corrected chi connectivity index (χ0v) is 20.8. The smallest absolute Gasteiger partial charge is 0.0812 e. The molecule has 178 valence electrons. The van der Waals surface area contributed by atoms with Gasteiger partial charge in [-0.2, -0.15) is 0 Å². The lowest BCUT2D eigenvalue weighted by Crippen LogP contribution is -2.20.